The minimum Gasteiger partial charge on any atom is -0.507 e. The van der Waals surface area contributed by atoms with Gasteiger partial charge in [-0.05, 0) is 30.3 Å². The molecule has 1 amide bonds. The van der Waals surface area contributed by atoms with Gasteiger partial charge in [0.25, 0.3) is 11.7 Å². The molecule has 25 heavy (non-hydrogen) atoms. The Labute approximate surface area is 143 Å². The van der Waals surface area contributed by atoms with E-state index in [4.69, 9.17) is 4.74 Å². The first-order valence-electron chi connectivity index (χ1n) is 7.45. The molecule has 1 saturated heterocycles. The van der Waals surface area contributed by atoms with Crippen LogP contribution in [0.15, 0.2) is 48.2 Å². The second-order valence-electron chi connectivity index (χ2n) is 5.51. The Morgan fingerprint density at radius 1 is 1.28 bits per heavy atom. The smallest absolute Gasteiger partial charge is 0.295 e. The first kappa shape index (κ1) is 16.6. The highest BCUT2D eigenvalue weighted by atomic mass is 19.1. The third kappa shape index (κ3) is 2.73. The van der Waals surface area contributed by atoms with Crippen molar-refractivity contribution in [3.8, 4) is 5.75 Å². The Morgan fingerprint density at radius 2 is 2.04 bits per heavy atom. The molecule has 7 heteroatoms. The number of carbonyl (C=O) groups excluding carboxylic acids is 2. The largest absolute Gasteiger partial charge is 0.507 e. The van der Waals surface area contributed by atoms with E-state index in [-0.39, 0.29) is 16.9 Å². The number of methoxy groups -OCH3 is 1. The van der Waals surface area contributed by atoms with Crippen LogP contribution in [0.4, 0.5) is 4.39 Å². The lowest BCUT2D eigenvalue weighted by atomic mass is 9.98. The number of hydrogen-bond donors (Lipinski definition) is 1. The zero-order chi connectivity index (χ0) is 18.1. The number of benzene rings is 1. The maximum atomic E-state index is 13.9. The predicted octanol–water partition coefficient (Wildman–Crippen LogP) is 2.28. The van der Waals surface area contributed by atoms with Crippen LogP contribution in [-0.2, 0) is 9.59 Å². The second-order valence-corrected chi connectivity index (χ2v) is 5.51. The van der Waals surface area contributed by atoms with Crippen LogP contribution in [0.3, 0.4) is 0 Å². The van der Waals surface area contributed by atoms with Gasteiger partial charge in [-0.25, -0.2) is 4.39 Å². The first-order valence-corrected chi connectivity index (χ1v) is 7.45. The van der Waals surface area contributed by atoms with Gasteiger partial charge in [-0.3, -0.25) is 14.6 Å². The highest BCUT2D eigenvalue weighted by Crippen LogP contribution is 2.37. The van der Waals surface area contributed by atoms with Gasteiger partial charge < -0.3 is 14.7 Å². The summed E-state index contributed by atoms with van der Waals surface area (Å²) in [6.07, 6.45) is 1.53. The van der Waals surface area contributed by atoms with Crippen LogP contribution in [0.1, 0.15) is 17.3 Å². The number of hydrogen-bond acceptors (Lipinski definition) is 5. The summed E-state index contributed by atoms with van der Waals surface area (Å²) in [5.74, 6) is -2.74. The Bertz CT molecular complexity index is 880. The van der Waals surface area contributed by atoms with Crippen molar-refractivity contribution in [2.75, 3.05) is 14.2 Å². The average Bonchev–Trinajstić information content (AvgIpc) is 2.86. The van der Waals surface area contributed by atoms with E-state index in [0.717, 1.165) is 6.07 Å². The lowest BCUT2D eigenvalue weighted by Gasteiger charge is -2.19. The highest BCUT2D eigenvalue weighted by molar-refractivity contribution is 6.46. The number of rotatable bonds is 3. The monoisotopic (exact) mass is 342 g/mol. The molecule has 0 bridgehead atoms. The standard InChI is InChI=1S/C18H15FN2O4/c1-21-15(12-5-3-4-8-20-12)14(17(23)18(21)24)16(22)10-6-7-13(25-2)11(19)9-10/h3-9,15,22H,1-2H3/b16-14+. The Morgan fingerprint density at radius 3 is 2.64 bits per heavy atom. The fourth-order valence-electron chi connectivity index (χ4n) is 2.80. The van der Waals surface area contributed by atoms with Crippen molar-refractivity contribution in [2.24, 2.45) is 0 Å². The summed E-state index contributed by atoms with van der Waals surface area (Å²) < 4.78 is 18.8. The van der Waals surface area contributed by atoms with Crippen molar-refractivity contribution in [1.82, 2.24) is 9.88 Å². The van der Waals surface area contributed by atoms with Crippen molar-refractivity contribution >= 4 is 17.4 Å². The van der Waals surface area contributed by atoms with Gasteiger partial charge in [0.15, 0.2) is 11.6 Å². The van der Waals surface area contributed by atoms with Crippen LogP contribution in [-0.4, -0.2) is 40.8 Å². The third-order valence-electron chi connectivity index (χ3n) is 4.07. The minimum atomic E-state index is -0.841. The number of nitrogens with zero attached hydrogens (tertiary/aromatic N) is 2. The lowest BCUT2D eigenvalue weighted by Crippen LogP contribution is -2.25. The summed E-state index contributed by atoms with van der Waals surface area (Å²) in [6, 6.07) is 8.01. The molecule has 0 saturated carbocycles. The number of pyridine rings is 1. The number of likely N-dealkylation sites (tertiary alicyclic amines) is 1. The molecule has 0 aliphatic carbocycles. The Hall–Kier alpha value is -3.22. The molecular weight excluding hydrogens is 327 g/mol. The van der Waals surface area contributed by atoms with Gasteiger partial charge in [0, 0.05) is 18.8 Å². The molecule has 1 unspecified atom stereocenters. The Kier molecular flexibility index (Phi) is 4.22. The van der Waals surface area contributed by atoms with Gasteiger partial charge in [-0.15, -0.1) is 0 Å². The molecule has 128 valence electrons. The summed E-state index contributed by atoms with van der Waals surface area (Å²) in [5.41, 5.74) is 0.376. The van der Waals surface area contributed by atoms with Crippen LogP contribution >= 0.6 is 0 Å². The molecule has 0 spiro atoms. The molecular formula is C18H15FN2O4. The molecule has 0 radical (unpaired) electrons. The molecule has 1 aliphatic rings. The zero-order valence-corrected chi connectivity index (χ0v) is 13.6. The van der Waals surface area contributed by atoms with E-state index in [2.05, 4.69) is 4.98 Å². The van der Waals surface area contributed by atoms with E-state index in [1.807, 2.05) is 0 Å². The summed E-state index contributed by atoms with van der Waals surface area (Å²) in [6.45, 7) is 0. The quantitative estimate of drug-likeness (QED) is 0.526. The van der Waals surface area contributed by atoms with Gasteiger partial charge >= 0.3 is 0 Å². The van der Waals surface area contributed by atoms with E-state index >= 15 is 0 Å². The highest BCUT2D eigenvalue weighted by Gasteiger charge is 2.44. The van der Waals surface area contributed by atoms with Crippen LogP contribution in [0.5, 0.6) is 5.75 Å². The SMILES string of the molecule is COc1ccc(/C(O)=C2\C(=O)C(=O)N(C)C2c2ccccn2)cc1F. The van der Waals surface area contributed by atoms with E-state index < -0.39 is 29.3 Å². The Balaban J connectivity index is 2.16. The summed E-state index contributed by atoms with van der Waals surface area (Å²) in [4.78, 5) is 29.8. The average molecular weight is 342 g/mol. The van der Waals surface area contributed by atoms with Crippen LogP contribution in [0.25, 0.3) is 5.76 Å². The van der Waals surface area contributed by atoms with Gasteiger partial charge in [-0.2, -0.15) is 0 Å². The molecule has 1 atom stereocenters. The van der Waals surface area contributed by atoms with Crippen molar-refractivity contribution in [3.05, 3.63) is 65.2 Å². The summed E-state index contributed by atoms with van der Waals surface area (Å²) in [5, 5.41) is 10.6. The molecule has 1 aliphatic heterocycles. The maximum absolute atomic E-state index is 13.9. The van der Waals surface area contributed by atoms with Crippen LogP contribution in [0, 0.1) is 5.82 Å². The maximum Gasteiger partial charge on any atom is 0.295 e. The molecule has 1 aromatic carbocycles. The second kappa shape index (κ2) is 6.35. The van der Waals surface area contributed by atoms with Crippen molar-refractivity contribution in [1.29, 1.82) is 0 Å². The molecule has 1 fully saturated rings. The van der Waals surface area contributed by atoms with Crippen molar-refractivity contribution in [2.45, 2.75) is 6.04 Å². The third-order valence-corrected chi connectivity index (χ3v) is 4.07. The van der Waals surface area contributed by atoms with Crippen molar-refractivity contribution < 1.29 is 23.8 Å². The van der Waals surface area contributed by atoms with Crippen LogP contribution < -0.4 is 4.74 Å². The number of aliphatic hydroxyl groups excluding tert-OH is 1. The van der Waals surface area contributed by atoms with Gasteiger partial charge in [-0.1, -0.05) is 6.07 Å². The number of halogens is 1. The van der Waals surface area contributed by atoms with E-state index in [1.165, 1.54) is 37.4 Å². The fourth-order valence-corrected chi connectivity index (χ4v) is 2.80. The zero-order valence-electron chi connectivity index (χ0n) is 13.6. The molecule has 3 rings (SSSR count). The van der Waals surface area contributed by atoms with E-state index in [0.29, 0.717) is 5.69 Å². The normalized spacial score (nSPS) is 19.3. The lowest BCUT2D eigenvalue weighted by molar-refractivity contribution is -0.139. The first-order chi connectivity index (χ1) is 12.0. The molecule has 1 aromatic heterocycles. The van der Waals surface area contributed by atoms with Gasteiger partial charge in [0.1, 0.15) is 11.8 Å². The van der Waals surface area contributed by atoms with E-state index in [1.54, 1.807) is 18.2 Å². The molecule has 2 aromatic rings. The number of aromatic nitrogens is 1. The molecule has 6 nitrogen and oxygen atoms in total. The molecule has 2 heterocycles. The number of likely N-dealkylation sites (N-methyl/N-ethyl adjacent to an activating group) is 1. The van der Waals surface area contributed by atoms with Gasteiger partial charge in [0.2, 0.25) is 0 Å². The summed E-state index contributed by atoms with van der Waals surface area (Å²) in [7, 11) is 2.77. The number of Topliss-reactive ketones (excluding diaryl/α,β-unsaturated/α-hetero) is 1. The predicted molar refractivity (Wildman–Crippen MR) is 87.3 cm³/mol. The van der Waals surface area contributed by atoms with Crippen molar-refractivity contribution in [3.63, 3.8) is 0 Å². The summed E-state index contributed by atoms with van der Waals surface area (Å²) >= 11 is 0. The van der Waals surface area contributed by atoms with E-state index in [9.17, 15) is 19.1 Å². The number of amides is 1. The fraction of sp³-hybridized carbons (Fsp3) is 0.167. The van der Waals surface area contributed by atoms with Gasteiger partial charge in [0.05, 0.1) is 18.4 Å². The number of aliphatic hydroxyl groups is 1. The minimum absolute atomic E-state index is 0.00812. The van der Waals surface area contributed by atoms with Crippen LogP contribution in [0.2, 0.25) is 0 Å². The number of ether oxygens (including phenoxy) is 1. The molecule has 1 N–H and O–H groups in total. The number of carbonyl (C=O) groups is 2. The topological polar surface area (TPSA) is 79.7 Å². The number of ketones is 1.